The molecule has 0 atom stereocenters. The van der Waals surface area contributed by atoms with Gasteiger partial charge in [0.1, 0.15) is 0 Å². The Morgan fingerprint density at radius 2 is 1.07 bits per heavy atom. The van der Waals surface area contributed by atoms with E-state index in [1.54, 1.807) is 0 Å². The van der Waals surface area contributed by atoms with Crippen molar-refractivity contribution in [2.45, 2.75) is 0 Å². The van der Waals surface area contributed by atoms with Gasteiger partial charge in [-0.3, -0.25) is 0 Å². The predicted molar refractivity (Wildman–Crippen MR) is 201 cm³/mol. The minimum absolute atomic E-state index is 1.02. The van der Waals surface area contributed by atoms with Crippen molar-refractivity contribution in [3.63, 3.8) is 0 Å². The molecule has 214 valence electrons. The molecule has 3 heteroatoms. The largest absolute Gasteiger partial charge is 0.247 e. The van der Waals surface area contributed by atoms with Crippen LogP contribution in [0.3, 0.4) is 0 Å². The first-order valence-electron chi connectivity index (χ1n) is 15.5. The van der Waals surface area contributed by atoms with E-state index in [0.29, 0.717) is 0 Å². The Hall–Kier alpha value is -5.35. The molecule has 0 saturated carbocycles. The highest BCUT2D eigenvalue weighted by molar-refractivity contribution is 7.26. The van der Waals surface area contributed by atoms with E-state index >= 15 is 0 Å². The molecule has 0 aliphatic carbocycles. The van der Waals surface area contributed by atoms with Crippen molar-refractivity contribution >= 4 is 84.7 Å². The average molecular weight is 620 g/mol. The molecule has 0 amide bonds. The van der Waals surface area contributed by atoms with E-state index in [4.69, 9.17) is 4.98 Å². The molecular weight excluding hydrogens is 595 g/mol. The summed E-state index contributed by atoms with van der Waals surface area (Å²) in [6.07, 6.45) is 0. The maximum atomic E-state index is 5.30. The average Bonchev–Trinajstić information content (AvgIpc) is 3.70. The van der Waals surface area contributed by atoms with Crippen LogP contribution in [0, 0.1) is 0 Å². The second-order valence-electron chi connectivity index (χ2n) is 11.9. The van der Waals surface area contributed by atoms with Gasteiger partial charge in [-0.15, -0.1) is 22.7 Å². The molecule has 3 heterocycles. The van der Waals surface area contributed by atoms with Crippen LogP contribution in [-0.2, 0) is 0 Å². The van der Waals surface area contributed by atoms with Crippen molar-refractivity contribution in [1.82, 2.24) is 4.98 Å². The Morgan fingerprint density at radius 3 is 1.96 bits per heavy atom. The van der Waals surface area contributed by atoms with Gasteiger partial charge in [-0.05, 0) is 58.7 Å². The molecule has 0 aliphatic rings. The Labute approximate surface area is 273 Å². The zero-order chi connectivity index (χ0) is 30.2. The molecule has 0 radical (unpaired) electrons. The number of thiophene rings is 2. The summed E-state index contributed by atoms with van der Waals surface area (Å²) in [5.74, 6) is 0. The summed E-state index contributed by atoms with van der Waals surface area (Å²) in [5.41, 5.74) is 8.12. The molecule has 0 N–H and O–H groups in total. The van der Waals surface area contributed by atoms with Crippen molar-refractivity contribution in [3.8, 4) is 33.5 Å². The van der Waals surface area contributed by atoms with Crippen molar-refractivity contribution in [2.24, 2.45) is 0 Å². The van der Waals surface area contributed by atoms with E-state index < -0.39 is 0 Å². The first-order chi connectivity index (χ1) is 22.8. The summed E-state index contributed by atoms with van der Waals surface area (Å²) in [4.78, 5) is 5.30. The van der Waals surface area contributed by atoms with Gasteiger partial charge >= 0.3 is 0 Å². The van der Waals surface area contributed by atoms with Gasteiger partial charge in [0.05, 0.1) is 11.2 Å². The SMILES string of the molecule is c1ccc(-c2nc3ccc(-c4cccc(-c5cccc6c5sc5ccccc56)c4)cc3c3c2ccc2sc4ccccc4c23)cc1. The normalized spacial score (nSPS) is 11.9. The molecule has 0 unspecified atom stereocenters. The van der Waals surface area contributed by atoms with E-state index in [1.807, 2.05) is 22.7 Å². The van der Waals surface area contributed by atoms with Gasteiger partial charge in [-0.25, -0.2) is 4.98 Å². The number of rotatable bonds is 3. The standard InChI is InChI=1S/C43H25NS2/c1-2-10-26(11-3-1)42-34-21-23-39-41(33-15-5-7-19-38(33)45-39)40(34)35-25-28(20-22-36(35)44-42)27-12-8-13-29(24-27)30-16-9-17-32-31-14-4-6-18-37(31)46-43(30)32/h1-25H. The highest BCUT2D eigenvalue weighted by Gasteiger charge is 2.17. The number of benzene rings is 7. The van der Waals surface area contributed by atoms with Crippen molar-refractivity contribution in [1.29, 1.82) is 0 Å². The molecule has 0 fully saturated rings. The highest BCUT2D eigenvalue weighted by Crippen LogP contribution is 2.45. The van der Waals surface area contributed by atoms with Gasteiger partial charge in [-0.2, -0.15) is 0 Å². The number of fused-ring (bicyclic) bond motifs is 10. The smallest absolute Gasteiger partial charge is 0.0788 e. The quantitative estimate of drug-likeness (QED) is 0.179. The molecule has 7 aromatic carbocycles. The van der Waals surface area contributed by atoms with Crippen LogP contribution >= 0.6 is 22.7 Å². The monoisotopic (exact) mass is 619 g/mol. The number of nitrogens with zero attached hydrogens (tertiary/aromatic N) is 1. The third-order valence-corrected chi connectivity index (χ3v) is 11.6. The highest BCUT2D eigenvalue weighted by atomic mass is 32.1. The summed E-state index contributed by atoms with van der Waals surface area (Å²) in [7, 11) is 0. The molecular formula is C43H25NS2. The number of hydrogen-bond acceptors (Lipinski definition) is 3. The van der Waals surface area contributed by atoms with Gasteiger partial charge in [0.15, 0.2) is 0 Å². The van der Waals surface area contributed by atoms with Crippen LogP contribution < -0.4 is 0 Å². The Kier molecular flexibility index (Phi) is 5.68. The Bertz CT molecular complexity index is 2800. The molecule has 1 nitrogen and oxygen atoms in total. The lowest BCUT2D eigenvalue weighted by atomic mass is 9.93. The van der Waals surface area contributed by atoms with Gasteiger partial charge < -0.3 is 0 Å². The van der Waals surface area contributed by atoms with Crippen LogP contribution in [0.2, 0.25) is 0 Å². The van der Waals surface area contributed by atoms with Crippen LogP contribution in [0.1, 0.15) is 0 Å². The second-order valence-corrected chi connectivity index (χ2v) is 14.0. The summed E-state index contributed by atoms with van der Waals surface area (Å²) >= 11 is 3.75. The number of pyridine rings is 1. The summed E-state index contributed by atoms with van der Waals surface area (Å²) < 4.78 is 5.30. The topological polar surface area (TPSA) is 12.9 Å². The Balaban J connectivity index is 1.23. The van der Waals surface area contributed by atoms with Crippen molar-refractivity contribution in [3.05, 3.63) is 152 Å². The molecule has 0 saturated heterocycles. The minimum atomic E-state index is 1.02. The molecule has 46 heavy (non-hydrogen) atoms. The minimum Gasteiger partial charge on any atom is -0.247 e. The van der Waals surface area contributed by atoms with Gasteiger partial charge in [0, 0.05) is 62.1 Å². The fourth-order valence-electron chi connectivity index (χ4n) is 7.14. The first-order valence-corrected chi connectivity index (χ1v) is 17.2. The van der Waals surface area contributed by atoms with Crippen LogP contribution in [0.25, 0.3) is 95.5 Å². The zero-order valence-electron chi connectivity index (χ0n) is 24.7. The number of hydrogen-bond donors (Lipinski definition) is 0. The van der Waals surface area contributed by atoms with Crippen LogP contribution in [0.15, 0.2) is 152 Å². The molecule has 3 aromatic heterocycles. The van der Waals surface area contributed by atoms with Gasteiger partial charge in [0.2, 0.25) is 0 Å². The van der Waals surface area contributed by atoms with Crippen molar-refractivity contribution in [2.75, 3.05) is 0 Å². The van der Waals surface area contributed by atoms with Crippen molar-refractivity contribution < 1.29 is 0 Å². The second kappa shape index (κ2) is 10.1. The fraction of sp³-hybridized carbons (Fsp3) is 0. The maximum Gasteiger partial charge on any atom is 0.0788 e. The number of aromatic nitrogens is 1. The lowest BCUT2D eigenvalue weighted by Gasteiger charge is -2.13. The van der Waals surface area contributed by atoms with Crippen LogP contribution in [-0.4, -0.2) is 4.98 Å². The van der Waals surface area contributed by atoms with E-state index in [-0.39, 0.29) is 0 Å². The summed E-state index contributed by atoms with van der Waals surface area (Å²) in [6.45, 7) is 0. The molecule has 0 spiro atoms. The van der Waals surface area contributed by atoms with E-state index in [1.165, 1.54) is 78.8 Å². The lowest BCUT2D eigenvalue weighted by Crippen LogP contribution is -1.91. The maximum absolute atomic E-state index is 5.30. The summed E-state index contributed by atoms with van der Waals surface area (Å²) in [6, 6.07) is 55.2. The van der Waals surface area contributed by atoms with Crippen LogP contribution in [0.5, 0.6) is 0 Å². The third-order valence-electron chi connectivity index (χ3n) is 9.26. The van der Waals surface area contributed by atoms with E-state index in [2.05, 4.69) is 152 Å². The van der Waals surface area contributed by atoms with Gasteiger partial charge in [0.25, 0.3) is 0 Å². The zero-order valence-corrected chi connectivity index (χ0v) is 26.3. The van der Waals surface area contributed by atoms with Crippen LogP contribution in [0.4, 0.5) is 0 Å². The molecule has 0 aliphatic heterocycles. The Morgan fingerprint density at radius 1 is 0.370 bits per heavy atom. The van der Waals surface area contributed by atoms with E-state index in [9.17, 15) is 0 Å². The lowest BCUT2D eigenvalue weighted by molar-refractivity contribution is 1.43. The first kappa shape index (κ1) is 25.9. The fourth-order valence-corrected chi connectivity index (χ4v) is 9.50. The van der Waals surface area contributed by atoms with Gasteiger partial charge in [-0.1, -0.05) is 115 Å². The third kappa shape index (κ3) is 3.89. The predicted octanol–water partition coefficient (Wildman–Crippen LogP) is 13.1. The molecule has 10 rings (SSSR count). The summed E-state index contributed by atoms with van der Waals surface area (Å²) in [5, 5.41) is 8.96. The molecule has 10 aromatic rings. The molecule has 0 bridgehead atoms. The van der Waals surface area contributed by atoms with E-state index in [0.717, 1.165) is 16.8 Å².